The summed E-state index contributed by atoms with van der Waals surface area (Å²) >= 11 is 7.24. The van der Waals surface area contributed by atoms with Crippen molar-refractivity contribution in [1.29, 1.82) is 0 Å². The van der Waals surface area contributed by atoms with E-state index in [9.17, 15) is 24.6 Å². The Morgan fingerprint density at radius 2 is 2.00 bits per heavy atom. The number of Topliss-reactive ketones (excluding diaryl/α,β-unsaturated/α-hetero) is 1. The van der Waals surface area contributed by atoms with Gasteiger partial charge in [0.1, 0.15) is 35.1 Å². The van der Waals surface area contributed by atoms with Crippen LogP contribution in [0.1, 0.15) is 42.6 Å². The number of esters is 1. The number of thioether (sulfide) groups is 1. The van der Waals surface area contributed by atoms with Crippen molar-refractivity contribution in [3.8, 4) is 11.5 Å². The molecule has 1 aromatic carbocycles. The molecule has 0 unspecified atom stereocenters. The summed E-state index contributed by atoms with van der Waals surface area (Å²) in [5, 5.41) is 19.6. The highest BCUT2D eigenvalue weighted by Crippen LogP contribution is 2.39. The minimum Gasteiger partial charge on any atom is -0.507 e. The Hall–Kier alpha value is -2.03. The van der Waals surface area contributed by atoms with Crippen molar-refractivity contribution < 1.29 is 34.1 Å². The third-order valence-corrected chi connectivity index (χ3v) is 6.14. The number of hydrogen-bond acceptors (Lipinski definition) is 8. The lowest BCUT2D eigenvalue weighted by Gasteiger charge is -2.17. The highest BCUT2D eigenvalue weighted by atomic mass is 35.5. The van der Waals surface area contributed by atoms with Crippen LogP contribution in [0, 0.1) is 0 Å². The van der Waals surface area contributed by atoms with E-state index in [1.54, 1.807) is 19.1 Å². The molecule has 0 spiro atoms. The number of phenols is 2. The molecule has 0 amide bonds. The lowest BCUT2D eigenvalue weighted by Crippen LogP contribution is -2.21. The molecule has 2 N–H and O–H groups in total. The summed E-state index contributed by atoms with van der Waals surface area (Å²) in [6.07, 6.45) is 2.69. The molecule has 4 atom stereocenters. The fourth-order valence-corrected chi connectivity index (χ4v) is 4.50. The first-order valence-corrected chi connectivity index (χ1v) is 10.4. The first kappa shape index (κ1) is 21.7. The number of ketones is 1. The molecule has 29 heavy (non-hydrogen) atoms. The summed E-state index contributed by atoms with van der Waals surface area (Å²) in [5.41, 5.74) is -0.209. The molecule has 3 rings (SSSR count). The fourth-order valence-electron chi connectivity index (χ4n) is 3.34. The van der Waals surface area contributed by atoms with Crippen molar-refractivity contribution in [2.45, 2.75) is 56.7 Å². The summed E-state index contributed by atoms with van der Waals surface area (Å²) in [6.45, 7) is 3.16. The topological polar surface area (TPSA) is 113 Å². The number of aromatic hydroxyl groups is 2. The van der Waals surface area contributed by atoms with Gasteiger partial charge in [-0.25, -0.2) is 4.79 Å². The van der Waals surface area contributed by atoms with E-state index in [2.05, 4.69) is 0 Å². The lowest BCUT2D eigenvalue weighted by atomic mass is 9.98. The molecular weight excluding hydrogens is 420 g/mol. The Balaban J connectivity index is 1.95. The van der Waals surface area contributed by atoms with Crippen molar-refractivity contribution in [3.63, 3.8) is 0 Å². The number of fused-ring (bicyclic) bond motifs is 2. The summed E-state index contributed by atoms with van der Waals surface area (Å²) in [7, 11) is 0. The summed E-state index contributed by atoms with van der Waals surface area (Å²) in [6, 6.07) is 0.949. The zero-order valence-corrected chi connectivity index (χ0v) is 17.5. The van der Waals surface area contributed by atoms with Gasteiger partial charge in [0.25, 0.3) is 0 Å². The van der Waals surface area contributed by atoms with Crippen LogP contribution < -0.4 is 0 Å². The van der Waals surface area contributed by atoms with Gasteiger partial charge in [0, 0.05) is 37.8 Å². The van der Waals surface area contributed by atoms with Crippen LogP contribution in [-0.2, 0) is 25.5 Å². The average Bonchev–Trinajstić information content (AvgIpc) is 3.36. The number of carbonyl (C=O) groups is 3. The molecule has 1 fully saturated rings. The zero-order valence-electron chi connectivity index (χ0n) is 15.9. The Morgan fingerprint density at radius 3 is 2.69 bits per heavy atom. The van der Waals surface area contributed by atoms with Crippen molar-refractivity contribution >= 4 is 40.2 Å². The Labute approximate surface area is 177 Å². The van der Waals surface area contributed by atoms with Crippen LogP contribution in [-0.4, -0.2) is 50.6 Å². The second-order valence-corrected chi connectivity index (χ2v) is 8.83. The van der Waals surface area contributed by atoms with Crippen LogP contribution >= 0.6 is 23.4 Å². The first-order valence-electron chi connectivity index (χ1n) is 9.12. The van der Waals surface area contributed by atoms with Gasteiger partial charge in [0.15, 0.2) is 5.12 Å². The van der Waals surface area contributed by atoms with Gasteiger partial charge >= 0.3 is 5.97 Å². The van der Waals surface area contributed by atoms with Crippen LogP contribution in [0.2, 0.25) is 5.02 Å². The van der Waals surface area contributed by atoms with Crippen LogP contribution in [0.3, 0.4) is 0 Å². The number of hydrogen-bond donors (Lipinski definition) is 2. The molecule has 0 bridgehead atoms. The van der Waals surface area contributed by atoms with Gasteiger partial charge in [-0.15, -0.1) is 0 Å². The van der Waals surface area contributed by atoms with Gasteiger partial charge in [0.05, 0.1) is 16.4 Å². The van der Waals surface area contributed by atoms with Crippen LogP contribution in [0.4, 0.5) is 0 Å². The second-order valence-electron chi connectivity index (χ2n) is 7.09. The minimum atomic E-state index is -0.834. The number of rotatable bonds is 1. The summed E-state index contributed by atoms with van der Waals surface area (Å²) < 4.78 is 11.1. The van der Waals surface area contributed by atoms with Gasteiger partial charge in [-0.3, -0.25) is 9.59 Å². The van der Waals surface area contributed by atoms with Crippen molar-refractivity contribution in [3.05, 3.63) is 34.4 Å². The fraction of sp³-hybridized carbons (Fsp3) is 0.450. The molecule has 7 nitrogen and oxygen atoms in total. The highest BCUT2D eigenvalue weighted by Gasteiger charge is 2.45. The maximum absolute atomic E-state index is 12.7. The van der Waals surface area contributed by atoms with E-state index in [1.165, 1.54) is 6.92 Å². The van der Waals surface area contributed by atoms with E-state index in [0.717, 1.165) is 17.8 Å². The monoisotopic (exact) mass is 440 g/mol. The summed E-state index contributed by atoms with van der Waals surface area (Å²) in [5.74, 6) is -2.06. The molecule has 156 valence electrons. The van der Waals surface area contributed by atoms with Gasteiger partial charge in [0.2, 0.25) is 0 Å². The Morgan fingerprint density at radius 1 is 1.28 bits per heavy atom. The molecule has 1 saturated heterocycles. The molecular formula is C20H21ClO7S. The first-order chi connectivity index (χ1) is 13.7. The van der Waals surface area contributed by atoms with Crippen molar-refractivity contribution in [2.24, 2.45) is 0 Å². The second kappa shape index (κ2) is 8.77. The van der Waals surface area contributed by atoms with E-state index in [-0.39, 0.29) is 57.3 Å². The maximum Gasteiger partial charge on any atom is 0.342 e. The molecule has 0 radical (unpaired) electrons. The molecule has 1 aromatic rings. The maximum atomic E-state index is 12.7. The number of cyclic esters (lactones) is 1. The molecule has 9 heteroatoms. The highest BCUT2D eigenvalue weighted by molar-refractivity contribution is 8.14. The van der Waals surface area contributed by atoms with Crippen molar-refractivity contribution in [2.75, 3.05) is 0 Å². The molecule has 2 aliphatic heterocycles. The quantitative estimate of drug-likeness (QED) is 0.389. The predicted octanol–water partition coefficient (Wildman–Crippen LogP) is 3.17. The third-order valence-electron chi connectivity index (χ3n) is 4.69. The number of benzene rings is 1. The molecule has 2 aliphatic rings. The Bertz CT molecular complexity index is 882. The van der Waals surface area contributed by atoms with Gasteiger partial charge in [-0.2, -0.15) is 0 Å². The zero-order chi connectivity index (χ0) is 21.3. The van der Waals surface area contributed by atoms with Gasteiger partial charge in [-0.1, -0.05) is 35.5 Å². The van der Waals surface area contributed by atoms with Crippen LogP contribution in [0.15, 0.2) is 18.2 Å². The number of halogens is 1. The molecule has 0 aromatic heterocycles. The smallest absolute Gasteiger partial charge is 0.342 e. The van der Waals surface area contributed by atoms with Crippen LogP contribution in [0.5, 0.6) is 11.5 Å². The largest absolute Gasteiger partial charge is 0.507 e. The number of allylic oxidation sites excluding steroid dienone is 1. The van der Waals surface area contributed by atoms with E-state index in [0.29, 0.717) is 6.42 Å². The SMILES string of the molecule is CC(=O)S[C@@H]1/C=C/CC(=O)Cc2c(Cl)c(O)cc(O)c2C(=O)O[C@H](C)C[C@@H]2O[C@H]21. The van der Waals surface area contributed by atoms with E-state index >= 15 is 0 Å². The Kier molecular flexibility index (Phi) is 6.55. The number of phenolic OH excluding ortho intramolecular Hbond substituents is 2. The average molecular weight is 441 g/mol. The van der Waals surface area contributed by atoms with Crippen molar-refractivity contribution in [1.82, 2.24) is 0 Å². The number of carbonyl (C=O) groups excluding carboxylic acids is 3. The van der Waals surface area contributed by atoms with Gasteiger partial charge < -0.3 is 19.7 Å². The third kappa shape index (κ3) is 5.12. The van der Waals surface area contributed by atoms with Crippen LogP contribution in [0.25, 0.3) is 0 Å². The predicted molar refractivity (Wildman–Crippen MR) is 107 cm³/mol. The molecule has 0 aliphatic carbocycles. The molecule has 2 heterocycles. The van der Waals surface area contributed by atoms with E-state index in [1.807, 2.05) is 0 Å². The van der Waals surface area contributed by atoms with Gasteiger partial charge in [-0.05, 0) is 6.92 Å². The normalized spacial score (nSPS) is 28.5. The summed E-state index contributed by atoms with van der Waals surface area (Å²) in [4.78, 5) is 36.7. The standard InChI is InChI=1S/C20H21ClO7S/c1-9-6-15-19(28-15)16(29-10(2)22)5-3-4-11(23)7-12-17(20(26)27-9)13(24)8-14(25)18(12)21/h3,5,8-9,15-16,19,24-25H,4,6-7H2,1-2H3/b5-3+/t9-,15+,16-,19-/m1/s1. The van der Waals surface area contributed by atoms with E-state index in [4.69, 9.17) is 21.1 Å². The molecule has 0 saturated carbocycles. The van der Waals surface area contributed by atoms with E-state index < -0.39 is 23.6 Å². The lowest BCUT2D eigenvalue weighted by molar-refractivity contribution is -0.117. The number of ether oxygens (including phenoxy) is 2. The number of epoxide rings is 1. The minimum absolute atomic E-state index is 0.0204.